The molecule has 3 unspecified atom stereocenters. The van der Waals surface area contributed by atoms with Gasteiger partial charge in [-0.3, -0.25) is 24.1 Å². The third kappa shape index (κ3) is 10.8. The predicted molar refractivity (Wildman–Crippen MR) is 181 cm³/mol. The molecule has 1 aliphatic heterocycles. The van der Waals surface area contributed by atoms with Crippen molar-refractivity contribution in [3.05, 3.63) is 66.2 Å². The summed E-state index contributed by atoms with van der Waals surface area (Å²) in [5, 5.41) is 5.58. The zero-order chi connectivity index (χ0) is 34.9. The molecule has 0 radical (unpaired) electrons. The van der Waals surface area contributed by atoms with Crippen LogP contribution in [0.1, 0.15) is 66.9 Å². The van der Waals surface area contributed by atoms with E-state index >= 15 is 0 Å². The zero-order valence-electron chi connectivity index (χ0n) is 29.0. The average Bonchev–Trinajstić information content (AvgIpc) is 3.48. The molecule has 0 aliphatic carbocycles. The molecule has 3 rings (SSSR count). The highest BCUT2D eigenvalue weighted by molar-refractivity contribution is 6.39. The first-order chi connectivity index (χ1) is 22.0. The summed E-state index contributed by atoms with van der Waals surface area (Å²) in [6.07, 6.45) is 1.25. The van der Waals surface area contributed by atoms with Crippen LogP contribution in [0.5, 0.6) is 0 Å². The van der Waals surface area contributed by atoms with Gasteiger partial charge in [0.25, 0.3) is 0 Å². The third-order valence-electron chi connectivity index (χ3n) is 8.16. The fourth-order valence-corrected chi connectivity index (χ4v) is 5.35. The summed E-state index contributed by atoms with van der Waals surface area (Å²) in [5.74, 6) is -2.18. The third-order valence-corrected chi connectivity index (χ3v) is 8.16. The molecule has 0 bridgehead atoms. The molecule has 3 atom stereocenters. The number of ether oxygens (including phenoxy) is 1. The lowest BCUT2D eigenvalue weighted by Gasteiger charge is -2.38. The number of benzene rings is 2. The summed E-state index contributed by atoms with van der Waals surface area (Å²) in [7, 11) is 1.48. The first-order valence-electron chi connectivity index (χ1n) is 16.2. The Bertz CT molecular complexity index is 1390. The van der Waals surface area contributed by atoms with Crippen LogP contribution < -0.4 is 10.6 Å². The topological polar surface area (TPSA) is 128 Å². The number of carbonyl (C=O) groups excluding carboxylic acids is 5. The highest BCUT2D eigenvalue weighted by Gasteiger charge is 2.42. The van der Waals surface area contributed by atoms with Gasteiger partial charge in [-0.15, -0.1) is 0 Å². The Morgan fingerprint density at radius 3 is 2.11 bits per heavy atom. The second kappa shape index (κ2) is 15.9. The van der Waals surface area contributed by atoms with E-state index in [1.54, 1.807) is 56.9 Å². The van der Waals surface area contributed by atoms with E-state index in [0.717, 1.165) is 12.0 Å². The van der Waals surface area contributed by atoms with Gasteiger partial charge in [0, 0.05) is 38.4 Å². The number of rotatable bonds is 10. The fraction of sp³-hybridized carbons (Fsp3) is 0.528. The number of amides is 5. The van der Waals surface area contributed by atoms with Gasteiger partial charge in [0.05, 0.1) is 0 Å². The second-order valence-electron chi connectivity index (χ2n) is 14.2. The van der Waals surface area contributed by atoms with Gasteiger partial charge in [-0.2, -0.15) is 0 Å². The summed E-state index contributed by atoms with van der Waals surface area (Å²) in [6, 6.07) is 16.3. The molecule has 2 N–H and O–H groups in total. The number of anilines is 1. The van der Waals surface area contributed by atoms with Crippen molar-refractivity contribution in [2.45, 2.75) is 91.5 Å². The summed E-state index contributed by atoms with van der Waals surface area (Å²) in [5.41, 5.74) is 0.146. The van der Waals surface area contributed by atoms with Gasteiger partial charge >= 0.3 is 17.9 Å². The molecule has 5 amide bonds. The molecule has 47 heavy (non-hydrogen) atoms. The molecule has 1 aliphatic rings. The van der Waals surface area contributed by atoms with Crippen LogP contribution in [-0.4, -0.2) is 94.8 Å². The van der Waals surface area contributed by atoms with Gasteiger partial charge in [-0.05, 0) is 70.1 Å². The van der Waals surface area contributed by atoms with Crippen LogP contribution in [0.2, 0.25) is 0 Å². The molecule has 1 heterocycles. The van der Waals surface area contributed by atoms with Crippen LogP contribution in [0.4, 0.5) is 10.5 Å². The highest BCUT2D eigenvalue weighted by Crippen LogP contribution is 2.27. The summed E-state index contributed by atoms with van der Waals surface area (Å²) >= 11 is 0. The number of nitrogens with zero attached hydrogens (tertiary/aromatic N) is 3. The number of carbonyl (C=O) groups is 5. The van der Waals surface area contributed by atoms with Crippen molar-refractivity contribution in [3.8, 4) is 0 Å². The van der Waals surface area contributed by atoms with Crippen LogP contribution in [0, 0.1) is 5.41 Å². The minimum absolute atomic E-state index is 0.169. The largest absolute Gasteiger partial charge is 0.444 e. The van der Waals surface area contributed by atoms with Crippen LogP contribution in [0.15, 0.2) is 60.7 Å². The van der Waals surface area contributed by atoms with Crippen LogP contribution in [0.3, 0.4) is 0 Å². The lowest BCUT2D eigenvalue weighted by Crippen LogP contribution is -2.60. The SMILES string of the molecule is CC(C(=O)NC(C(=O)N1CCCC1CN(CCc1ccccc1)C(=O)C(=O)Nc1ccccc1)C(C)(C)C)N(C)C(=O)OC(C)(C)C. The quantitative estimate of drug-likeness (QED) is 0.366. The maximum Gasteiger partial charge on any atom is 0.410 e. The summed E-state index contributed by atoms with van der Waals surface area (Å²) < 4.78 is 5.41. The zero-order valence-corrected chi connectivity index (χ0v) is 29.0. The first kappa shape index (κ1) is 37.1. The van der Waals surface area contributed by atoms with Crippen molar-refractivity contribution in [2.75, 3.05) is 32.0 Å². The molecule has 2 aromatic carbocycles. The molecule has 2 aromatic rings. The predicted octanol–water partition coefficient (Wildman–Crippen LogP) is 4.47. The molecule has 0 saturated carbocycles. The van der Waals surface area contributed by atoms with Crippen molar-refractivity contribution in [3.63, 3.8) is 0 Å². The van der Waals surface area contributed by atoms with E-state index in [4.69, 9.17) is 4.74 Å². The Hall–Kier alpha value is -4.41. The average molecular weight is 650 g/mol. The molecule has 0 aromatic heterocycles. The van der Waals surface area contributed by atoms with Crippen molar-refractivity contribution in [1.29, 1.82) is 0 Å². The van der Waals surface area contributed by atoms with Crippen molar-refractivity contribution < 1.29 is 28.7 Å². The van der Waals surface area contributed by atoms with Crippen LogP contribution in [-0.2, 0) is 30.3 Å². The monoisotopic (exact) mass is 649 g/mol. The Morgan fingerprint density at radius 2 is 1.53 bits per heavy atom. The maximum absolute atomic E-state index is 14.2. The van der Waals surface area contributed by atoms with Gasteiger partial charge < -0.3 is 25.2 Å². The van der Waals surface area contributed by atoms with E-state index in [-0.39, 0.29) is 25.0 Å². The van der Waals surface area contributed by atoms with E-state index < -0.39 is 46.9 Å². The minimum Gasteiger partial charge on any atom is -0.444 e. The normalized spacial score (nSPS) is 16.1. The standard InChI is InChI=1S/C36H51N5O6/c1-25(39(8)34(46)47-36(5,6)7)30(42)38-29(35(2,3)4)32(44)41-22-15-20-28(41)24-40(23-21-26-16-11-9-12-17-26)33(45)31(43)37-27-18-13-10-14-19-27/h9-14,16-19,25,28-29H,15,20-24H2,1-8H3,(H,37,43)(H,38,42). The molecule has 1 saturated heterocycles. The Morgan fingerprint density at radius 1 is 0.936 bits per heavy atom. The number of para-hydroxylation sites is 1. The van der Waals surface area contributed by atoms with Gasteiger partial charge in [0.2, 0.25) is 11.8 Å². The molecule has 11 heteroatoms. The Kier molecular flexibility index (Phi) is 12.6. The molecular weight excluding hydrogens is 598 g/mol. The van der Waals surface area contributed by atoms with Crippen molar-refractivity contribution >= 4 is 35.4 Å². The number of likely N-dealkylation sites (N-methyl/N-ethyl adjacent to an activating group) is 1. The Balaban J connectivity index is 1.78. The minimum atomic E-state index is -0.903. The van der Waals surface area contributed by atoms with E-state index in [1.165, 1.54) is 16.8 Å². The molecule has 256 valence electrons. The van der Waals surface area contributed by atoms with E-state index in [1.807, 2.05) is 57.2 Å². The number of likely N-dealkylation sites (tertiary alicyclic amines) is 1. The first-order valence-corrected chi connectivity index (χ1v) is 16.2. The smallest absolute Gasteiger partial charge is 0.410 e. The van der Waals surface area contributed by atoms with Crippen molar-refractivity contribution in [1.82, 2.24) is 20.0 Å². The van der Waals surface area contributed by atoms with E-state index in [9.17, 15) is 24.0 Å². The summed E-state index contributed by atoms with van der Waals surface area (Å²) in [6.45, 7) is 13.3. The van der Waals surface area contributed by atoms with Crippen LogP contribution >= 0.6 is 0 Å². The van der Waals surface area contributed by atoms with Gasteiger partial charge in [-0.1, -0.05) is 69.3 Å². The molecule has 11 nitrogen and oxygen atoms in total. The van der Waals surface area contributed by atoms with E-state index in [0.29, 0.717) is 25.1 Å². The number of hydrogen-bond donors (Lipinski definition) is 2. The van der Waals surface area contributed by atoms with E-state index in [2.05, 4.69) is 10.6 Å². The van der Waals surface area contributed by atoms with Crippen LogP contribution in [0.25, 0.3) is 0 Å². The lowest BCUT2D eigenvalue weighted by atomic mass is 9.85. The molecular formula is C36H51N5O6. The van der Waals surface area contributed by atoms with Gasteiger partial charge in [-0.25, -0.2) is 4.79 Å². The van der Waals surface area contributed by atoms with Crippen molar-refractivity contribution in [2.24, 2.45) is 5.41 Å². The number of nitrogens with one attached hydrogen (secondary N) is 2. The molecule has 1 fully saturated rings. The number of hydrogen-bond acceptors (Lipinski definition) is 6. The van der Waals surface area contributed by atoms with Gasteiger partial charge in [0.15, 0.2) is 0 Å². The maximum atomic E-state index is 14.2. The lowest BCUT2D eigenvalue weighted by molar-refractivity contribution is -0.145. The Labute approximate surface area is 279 Å². The highest BCUT2D eigenvalue weighted by atomic mass is 16.6. The molecule has 0 spiro atoms. The summed E-state index contributed by atoms with van der Waals surface area (Å²) in [4.78, 5) is 71.3. The second-order valence-corrected chi connectivity index (χ2v) is 14.2. The fourth-order valence-electron chi connectivity index (χ4n) is 5.35. The van der Waals surface area contributed by atoms with Gasteiger partial charge in [0.1, 0.15) is 17.7 Å².